The minimum absolute atomic E-state index is 0.115. The zero-order valence-corrected chi connectivity index (χ0v) is 14.4. The summed E-state index contributed by atoms with van der Waals surface area (Å²) >= 11 is 0. The number of hydrogen-bond donors (Lipinski definition) is 1. The Balaban J connectivity index is 1.85. The number of amides is 1. The molecule has 0 bridgehead atoms. The van der Waals surface area contributed by atoms with Crippen LogP contribution in [0.25, 0.3) is 0 Å². The van der Waals surface area contributed by atoms with Gasteiger partial charge in [-0.05, 0) is 38.8 Å². The van der Waals surface area contributed by atoms with E-state index in [9.17, 15) is 18.3 Å². The van der Waals surface area contributed by atoms with Gasteiger partial charge in [0.25, 0.3) is 0 Å². The summed E-state index contributed by atoms with van der Waals surface area (Å²) in [5, 5.41) is 9.50. The van der Waals surface area contributed by atoms with E-state index in [-0.39, 0.29) is 35.9 Å². The Hall–Kier alpha value is -0.660. The number of aliphatic hydroxyl groups is 1. The lowest BCUT2D eigenvalue weighted by molar-refractivity contribution is -0.131. The van der Waals surface area contributed by atoms with Gasteiger partial charge >= 0.3 is 0 Å². The minimum Gasteiger partial charge on any atom is -0.396 e. The number of hydrogen-bond acceptors (Lipinski definition) is 5. The first kappa shape index (κ1) is 17.7. The molecule has 0 saturated carbocycles. The summed E-state index contributed by atoms with van der Waals surface area (Å²) in [6.07, 6.45) is 1.65. The second kappa shape index (κ2) is 7.27. The molecular formula is C15H28N2O4S. The maximum absolute atomic E-state index is 12.4. The van der Waals surface area contributed by atoms with Gasteiger partial charge in [-0.15, -0.1) is 0 Å². The fraction of sp³-hybridized carbons (Fsp3) is 0.933. The molecule has 2 rings (SSSR count). The van der Waals surface area contributed by atoms with E-state index in [0.29, 0.717) is 38.3 Å². The first-order valence-electron chi connectivity index (χ1n) is 8.04. The summed E-state index contributed by atoms with van der Waals surface area (Å²) in [6, 6.07) is 0. The van der Waals surface area contributed by atoms with Gasteiger partial charge in [0.05, 0.1) is 11.5 Å². The van der Waals surface area contributed by atoms with Gasteiger partial charge < -0.3 is 14.9 Å². The van der Waals surface area contributed by atoms with Crippen LogP contribution in [-0.4, -0.2) is 81.1 Å². The second-order valence-corrected chi connectivity index (χ2v) is 9.37. The van der Waals surface area contributed by atoms with E-state index in [1.54, 1.807) is 0 Å². The lowest BCUT2D eigenvalue weighted by Crippen LogP contribution is -2.33. The van der Waals surface area contributed by atoms with Crippen LogP contribution in [-0.2, 0) is 14.6 Å². The van der Waals surface area contributed by atoms with Crippen LogP contribution in [0.2, 0.25) is 0 Å². The number of likely N-dealkylation sites (tertiary alicyclic amines) is 1. The zero-order chi connectivity index (χ0) is 16.3. The molecule has 2 fully saturated rings. The minimum atomic E-state index is -2.87. The first-order valence-corrected chi connectivity index (χ1v) is 9.86. The number of sulfone groups is 1. The number of aliphatic hydroxyl groups excluding tert-OH is 1. The second-order valence-electron chi connectivity index (χ2n) is 7.06. The number of carbonyl (C=O) groups excluding carboxylic acids is 1. The van der Waals surface area contributed by atoms with Crippen molar-refractivity contribution in [3.8, 4) is 0 Å². The maximum atomic E-state index is 12.4. The Kier molecular flexibility index (Phi) is 5.85. The van der Waals surface area contributed by atoms with Crippen molar-refractivity contribution in [3.05, 3.63) is 0 Å². The van der Waals surface area contributed by atoms with Crippen LogP contribution in [0, 0.1) is 17.8 Å². The third-order valence-corrected chi connectivity index (χ3v) is 6.62. The Morgan fingerprint density at radius 2 is 1.77 bits per heavy atom. The average molecular weight is 332 g/mol. The molecule has 1 N–H and O–H groups in total. The highest BCUT2D eigenvalue weighted by atomic mass is 32.2. The molecule has 22 heavy (non-hydrogen) atoms. The molecule has 128 valence electrons. The van der Waals surface area contributed by atoms with Crippen LogP contribution in [0.4, 0.5) is 0 Å². The van der Waals surface area contributed by atoms with Gasteiger partial charge in [-0.2, -0.15) is 0 Å². The van der Waals surface area contributed by atoms with E-state index >= 15 is 0 Å². The molecule has 0 aliphatic carbocycles. The van der Waals surface area contributed by atoms with E-state index in [0.717, 1.165) is 6.54 Å². The van der Waals surface area contributed by atoms with Crippen molar-refractivity contribution in [2.75, 3.05) is 51.8 Å². The fourth-order valence-corrected chi connectivity index (χ4v) is 5.13. The maximum Gasteiger partial charge on any atom is 0.222 e. The van der Waals surface area contributed by atoms with Gasteiger partial charge in [-0.1, -0.05) is 0 Å². The van der Waals surface area contributed by atoms with Crippen LogP contribution >= 0.6 is 0 Å². The average Bonchev–Trinajstić information content (AvgIpc) is 2.83. The molecule has 0 aromatic carbocycles. The molecule has 2 saturated heterocycles. The van der Waals surface area contributed by atoms with Gasteiger partial charge in [0.15, 0.2) is 0 Å². The van der Waals surface area contributed by atoms with Gasteiger partial charge in [0, 0.05) is 38.6 Å². The smallest absolute Gasteiger partial charge is 0.222 e. The quantitative estimate of drug-likeness (QED) is 0.756. The van der Waals surface area contributed by atoms with Crippen molar-refractivity contribution in [1.82, 2.24) is 9.80 Å². The Morgan fingerprint density at radius 3 is 2.32 bits per heavy atom. The summed E-state index contributed by atoms with van der Waals surface area (Å²) in [6.45, 7) is 2.31. The molecule has 2 atom stereocenters. The molecule has 1 amide bonds. The number of nitrogens with zero attached hydrogens (tertiary/aromatic N) is 2. The fourth-order valence-electron chi connectivity index (χ4n) is 3.54. The molecule has 2 heterocycles. The molecule has 0 aromatic rings. The van der Waals surface area contributed by atoms with E-state index in [2.05, 4.69) is 4.90 Å². The predicted molar refractivity (Wildman–Crippen MR) is 85.2 cm³/mol. The molecule has 0 radical (unpaired) electrons. The summed E-state index contributed by atoms with van der Waals surface area (Å²) in [7, 11) is 1.13. The van der Waals surface area contributed by atoms with Gasteiger partial charge in [-0.25, -0.2) is 8.42 Å². The van der Waals surface area contributed by atoms with Gasteiger partial charge in [0.2, 0.25) is 5.91 Å². The van der Waals surface area contributed by atoms with Gasteiger partial charge in [-0.3, -0.25) is 4.79 Å². The van der Waals surface area contributed by atoms with Crippen molar-refractivity contribution in [2.45, 2.75) is 19.3 Å². The topological polar surface area (TPSA) is 77.9 Å². The molecular weight excluding hydrogens is 304 g/mol. The van der Waals surface area contributed by atoms with Crippen LogP contribution in [0.15, 0.2) is 0 Å². The van der Waals surface area contributed by atoms with Crippen molar-refractivity contribution in [3.63, 3.8) is 0 Å². The lowest BCUT2D eigenvalue weighted by atomic mass is 9.97. The summed E-state index contributed by atoms with van der Waals surface area (Å²) in [5.41, 5.74) is 0. The highest BCUT2D eigenvalue weighted by Crippen LogP contribution is 2.27. The standard InChI is InChI=1S/C15H28N2O4S/c1-16(2)8-13-9-17(10-14(13)11-18)15(19)7-12-3-5-22(20,21)6-4-12/h12-14,18H,3-11H2,1-2H3/t13-,14-/m1/s1. The van der Waals surface area contributed by atoms with Crippen molar-refractivity contribution >= 4 is 15.7 Å². The van der Waals surface area contributed by atoms with E-state index in [1.807, 2.05) is 19.0 Å². The summed E-state index contributed by atoms with van der Waals surface area (Å²) in [5.74, 6) is 1.20. The van der Waals surface area contributed by atoms with E-state index < -0.39 is 9.84 Å². The Bertz CT molecular complexity index is 478. The lowest BCUT2D eigenvalue weighted by Gasteiger charge is -2.24. The molecule has 7 heteroatoms. The predicted octanol–water partition coefficient (Wildman–Crippen LogP) is -0.170. The summed E-state index contributed by atoms with van der Waals surface area (Å²) in [4.78, 5) is 16.4. The van der Waals surface area contributed by atoms with Crippen molar-refractivity contribution in [2.24, 2.45) is 17.8 Å². The zero-order valence-electron chi connectivity index (χ0n) is 13.6. The third kappa shape index (κ3) is 4.67. The van der Waals surface area contributed by atoms with Crippen molar-refractivity contribution < 1.29 is 18.3 Å². The monoisotopic (exact) mass is 332 g/mol. The third-order valence-electron chi connectivity index (χ3n) is 4.90. The molecule has 0 aromatic heterocycles. The SMILES string of the molecule is CN(C)C[C@@H]1CN(C(=O)CC2CCS(=O)(=O)CC2)C[C@@H]1CO. The van der Waals surface area contributed by atoms with E-state index in [4.69, 9.17) is 0 Å². The molecule has 6 nitrogen and oxygen atoms in total. The highest BCUT2D eigenvalue weighted by molar-refractivity contribution is 7.91. The first-order chi connectivity index (χ1) is 10.3. The van der Waals surface area contributed by atoms with Crippen LogP contribution in [0.5, 0.6) is 0 Å². The van der Waals surface area contributed by atoms with Crippen molar-refractivity contribution in [1.29, 1.82) is 0 Å². The normalized spacial score (nSPS) is 29.2. The van der Waals surface area contributed by atoms with Crippen LogP contribution in [0.1, 0.15) is 19.3 Å². The molecule has 2 aliphatic heterocycles. The highest BCUT2D eigenvalue weighted by Gasteiger charge is 2.36. The van der Waals surface area contributed by atoms with Crippen LogP contribution < -0.4 is 0 Å². The Labute approximate surface area is 133 Å². The Morgan fingerprint density at radius 1 is 1.18 bits per heavy atom. The van der Waals surface area contributed by atoms with Crippen LogP contribution in [0.3, 0.4) is 0 Å². The number of rotatable bonds is 5. The van der Waals surface area contributed by atoms with E-state index in [1.165, 1.54) is 0 Å². The molecule has 2 aliphatic rings. The summed E-state index contributed by atoms with van der Waals surface area (Å²) < 4.78 is 22.9. The largest absolute Gasteiger partial charge is 0.396 e. The van der Waals surface area contributed by atoms with Gasteiger partial charge in [0.1, 0.15) is 9.84 Å². The molecule has 0 unspecified atom stereocenters. The number of carbonyl (C=O) groups is 1. The molecule has 0 spiro atoms.